The topological polar surface area (TPSA) is 94.5 Å². The minimum Gasteiger partial charge on any atom is -0.497 e. The molecular weight excluding hydrogens is 432 g/mol. The summed E-state index contributed by atoms with van der Waals surface area (Å²) in [5, 5.41) is 10.3. The summed E-state index contributed by atoms with van der Waals surface area (Å²) in [5.74, 6) is 0.0495. The van der Waals surface area contributed by atoms with E-state index >= 15 is 0 Å². The van der Waals surface area contributed by atoms with Gasteiger partial charge >= 0.3 is 0 Å². The van der Waals surface area contributed by atoms with Crippen LogP contribution in [0.3, 0.4) is 0 Å². The van der Waals surface area contributed by atoms with Gasteiger partial charge in [0.1, 0.15) is 18.1 Å². The van der Waals surface area contributed by atoms with Crippen molar-refractivity contribution in [3.05, 3.63) is 90.6 Å². The van der Waals surface area contributed by atoms with E-state index in [9.17, 15) is 9.59 Å². The van der Waals surface area contributed by atoms with Gasteiger partial charge in [-0.25, -0.2) is 4.68 Å². The maximum atomic E-state index is 13.3. The van der Waals surface area contributed by atoms with Crippen molar-refractivity contribution >= 4 is 23.2 Å². The highest BCUT2D eigenvalue weighted by atomic mass is 16.5. The van der Waals surface area contributed by atoms with Gasteiger partial charge < -0.3 is 20.1 Å². The van der Waals surface area contributed by atoms with Gasteiger partial charge in [0.25, 0.3) is 5.91 Å². The lowest BCUT2D eigenvalue weighted by molar-refractivity contribution is -0.119. The number of aromatic nitrogens is 2. The fraction of sp³-hybridized carbons (Fsp3) is 0.115. The van der Waals surface area contributed by atoms with Gasteiger partial charge in [0.05, 0.1) is 18.4 Å². The third-order valence-electron chi connectivity index (χ3n) is 5.00. The summed E-state index contributed by atoms with van der Waals surface area (Å²) in [5.41, 5.74) is 3.57. The number of nitrogens with zero attached hydrogens (tertiary/aromatic N) is 2. The highest BCUT2D eigenvalue weighted by Crippen LogP contribution is 2.28. The SMILES string of the molecule is COCC(=O)Nc1cccc(NC(=O)c2cn(-c3ccccc3)nc2-c2cccc(OC)c2)c1. The maximum absolute atomic E-state index is 13.3. The number of para-hydroxylation sites is 1. The number of carbonyl (C=O) groups is 2. The second kappa shape index (κ2) is 10.5. The van der Waals surface area contributed by atoms with Crippen LogP contribution in [0.15, 0.2) is 85.1 Å². The van der Waals surface area contributed by atoms with Crippen LogP contribution in [0.5, 0.6) is 5.75 Å². The highest BCUT2D eigenvalue weighted by Gasteiger charge is 2.19. The normalized spacial score (nSPS) is 10.5. The molecule has 0 saturated carbocycles. The molecule has 3 aromatic carbocycles. The molecule has 4 aromatic rings. The fourth-order valence-corrected chi connectivity index (χ4v) is 3.44. The molecule has 4 rings (SSSR count). The van der Waals surface area contributed by atoms with Gasteiger partial charge in [-0.05, 0) is 42.5 Å². The molecule has 2 N–H and O–H groups in total. The molecule has 0 atom stereocenters. The Morgan fingerprint density at radius 3 is 2.35 bits per heavy atom. The van der Waals surface area contributed by atoms with Gasteiger partial charge in [-0.1, -0.05) is 36.4 Å². The molecule has 8 heteroatoms. The number of carbonyl (C=O) groups excluding carboxylic acids is 2. The van der Waals surface area contributed by atoms with Crippen LogP contribution < -0.4 is 15.4 Å². The number of rotatable bonds is 8. The smallest absolute Gasteiger partial charge is 0.259 e. The van der Waals surface area contributed by atoms with Crippen molar-refractivity contribution in [1.29, 1.82) is 0 Å². The molecule has 0 aliphatic rings. The first-order chi connectivity index (χ1) is 16.6. The molecule has 0 unspecified atom stereocenters. The number of hydrogen-bond acceptors (Lipinski definition) is 5. The van der Waals surface area contributed by atoms with Gasteiger partial charge in [0.2, 0.25) is 5.91 Å². The van der Waals surface area contributed by atoms with Crippen LogP contribution in [0.2, 0.25) is 0 Å². The van der Waals surface area contributed by atoms with E-state index in [-0.39, 0.29) is 18.4 Å². The molecule has 0 bridgehead atoms. The minimum atomic E-state index is -0.333. The number of amides is 2. The van der Waals surface area contributed by atoms with Gasteiger partial charge in [-0.2, -0.15) is 5.10 Å². The second-order valence-corrected chi connectivity index (χ2v) is 7.42. The van der Waals surface area contributed by atoms with E-state index < -0.39 is 0 Å². The van der Waals surface area contributed by atoms with Crippen LogP contribution in [-0.4, -0.2) is 42.4 Å². The summed E-state index contributed by atoms with van der Waals surface area (Å²) in [6.07, 6.45) is 1.70. The van der Waals surface area contributed by atoms with Crippen molar-refractivity contribution in [2.45, 2.75) is 0 Å². The number of methoxy groups -OCH3 is 2. The lowest BCUT2D eigenvalue weighted by Crippen LogP contribution is -2.17. The molecule has 0 aliphatic heterocycles. The third-order valence-corrected chi connectivity index (χ3v) is 5.00. The van der Waals surface area contributed by atoms with Crippen molar-refractivity contribution in [2.24, 2.45) is 0 Å². The van der Waals surface area contributed by atoms with Gasteiger partial charge in [-0.3, -0.25) is 9.59 Å². The maximum Gasteiger partial charge on any atom is 0.259 e. The number of benzene rings is 3. The van der Waals surface area contributed by atoms with Crippen LogP contribution in [-0.2, 0) is 9.53 Å². The Morgan fingerprint density at radius 2 is 1.62 bits per heavy atom. The number of ether oxygens (including phenoxy) is 2. The standard InChI is InChI=1S/C26H24N4O4/c1-33-17-24(31)27-19-9-7-10-20(15-19)28-26(32)23-16-30(21-11-4-3-5-12-21)29-25(23)18-8-6-13-22(14-18)34-2/h3-16H,17H2,1-2H3,(H,27,31)(H,28,32). The summed E-state index contributed by atoms with van der Waals surface area (Å²) < 4.78 is 11.9. The quantitative estimate of drug-likeness (QED) is 0.410. The molecule has 0 fully saturated rings. The number of anilines is 2. The molecule has 1 aromatic heterocycles. The molecule has 8 nitrogen and oxygen atoms in total. The van der Waals surface area contributed by atoms with E-state index in [1.54, 1.807) is 42.3 Å². The van der Waals surface area contributed by atoms with Crippen molar-refractivity contribution in [3.8, 4) is 22.7 Å². The van der Waals surface area contributed by atoms with Gasteiger partial charge in [0, 0.05) is 30.2 Å². The van der Waals surface area contributed by atoms with Gasteiger partial charge in [-0.15, -0.1) is 0 Å². The molecule has 0 aliphatic carbocycles. The van der Waals surface area contributed by atoms with E-state index in [1.807, 2.05) is 54.6 Å². The predicted molar refractivity (Wildman–Crippen MR) is 130 cm³/mol. The van der Waals surface area contributed by atoms with Crippen LogP contribution in [0.25, 0.3) is 16.9 Å². The summed E-state index contributed by atoms with van der Waals surface area (Å²) in [6.45, 7) is -0.0564. The van der Waals surface area contributed by atoms with Crippen LogP contribution in [0.4, 0.5) is 11.4 Å². The lowest BCUT2D eigenvalue weighted by Gasteiger charge is -2.09. The first kappa shape index (κ1) is 22.8. The Hall–Kier alpha value is -4.43. The monoisotopic (exact) mass is 456 g/mol. The minimum absolute atomic E-state index is 0.0564. The fourth-order valence-electron chi connectivity index (χ4n) is 3.44. The van der Waals surface area contributed by atoms with Gasteiger partial charge in [0.15, 0.2) is 0 Å². The van der Waals surface area contributed by atoms with Crippen molar-refractivity contribution in [3.63, 3.8) is 0 Å². The third kappa shape index (κ3) is 5.31. The summed E-state index contributed by atoms with van der Waals surface area (Å²) >= 11 is 0. The summed E-state index contributed by atoms with van der Waals surface area (Å²) in [6, 6.07) is 23.9. The molecule has 2 amide bonds. The van der Waals surface area contributed by atoms with E-state index in [4.69, 9.17) is 14.6 Å². The molecule has 0 saturated heterocycles. The molecule has 0 radical (unpaired) electrons. The zero-order valence-electron chi connectivity index (χ0n) is 18.8. The van der Waals surface area contributed by atoms with E-state index in [2.05, 4.69) is 10.6 Å². The molecule has 34 heavy (non-hydrogen) atoms. The van der Waals surface area contributed by atoms with Crippen molar-refractivity contribution < 1.29 is 19.1 Å². The summed E-state index contributed by atoms with van der Waals surface area (Å²) in [4.78, 5) is 25.2. The Morgan fingerprint density at radius 1 is 0.882 bits per heavy atom. The van der Waals surface area contributed by atoms with E-state index in [0.29, 0.717) is 28.4 Å². The van der Waals surface area contributed by atoms with E-state index in [1.165, 1.54) is 7.11 Å². The van der Waals surface area contributed by atoms with Crippen molar-refractivity contribution in [2.75, 3.05) is 31.5 Å². The molecule has 172 valence electrons. The molecular formula is C26H24N4O4. The Labute approximate surface area is 197 Å². The number of hydrogen-bond donors (Lipinski definition) is 2. The van der Waals surface area contributed by atoms with E-state index in [0.717, 1.165) is 11.3 Å². The zero-order chi connectivity index (χ0) is 23.9. The molecule has 0 spiro atoms. The number of nitrogens with one attached hydrogen (secondary N) is 2. The van der Waals surface area contributed by atoms with Crippen molar-refractivity contribution in [1.82, 2.24) is 9.78 Å². The lowest BCUT2D eigenvalue weighted by atomic mass is 10.1. The average Bonchev–Trinajstić information content (AvgIpc) is 3.31. The first-order valence-electron chi connectivity index (χ1n) is 10.6. The van der Waals surface area contributed by atoms with Crippen LogP contribution in [0.1, 0.15) is 10.4 Å². The molecule has 1 heterocycles. The second-order valence-electron chi connectivity index (χ2n) is 7.42. The first-order valence-corrected chi connectivity index (χ1v) is 10.6. The largest absolute Gasteiger partial charge is 0.497 e. The highest BCUT2D eigenvalue weighted by molar-refractivity contribution is 6.08. The Balaban J connectivity index is 1.67. The van der Waals surface area contributed by atoms with Crippen LogP contribution in [0, 0.1) is 0 Å². The van der Waals surface area contributed by atoms with Crippen LogP contribution >= 0.6 is 0 Å². The average molecular weight is 457 g/mol. The predicted octanol–water partition coefficient (Wildman–Crippen LogP) is 4.39. The zero-order valence-corrected chi connectivity index (χ0v) is 18.8. The Bertz CT molecular complexity index is 1300. The summed E-state index contributed by atoms with van der Waals surface area (Å²) in [7, 11) is 3.04. The Kier molecular flexibility index (Phi) is 7.00.